The van der Waals surface area contributed by atoms with Gasteiger partial charge in [-0.05, 0) is 5.56 Å². The van der Waals surface area contributed by atoms with Gasteiger partial charge in [-0.25, -0.2) is 4.79 Å². The van der Waals surface area contributed by atoms with E-state index in [9.17, 15) is 9.59 Å². The largest absolute Gasteiger partial charge is 0.459 e. The van der Waals surface area contributed by atoms with E-state index in [1.165, 1.54) is 0 Å². The van der Waals surface area contributed by atoms with Crippen molar-refractivity contribution in [1.29, 1.82) is 0 Å². The minimum Gasteiger partial charge on any atom is -0.459 e. The van der Waals surface area contributed by atoms with Crippen molar-refractivity contribution in [2.45, 2.75) is 25.3 Å². The van der Waals surface area contributed by atoms with Crippen LogP contribution in [0.2, 0.25) is 0 Å². The number of benzene rings is 1. The summed E-state index contributed by atoms with van der Waals surface area (Å²) in [5.74, 6) is -1.00. The quantitative estimate of drug-likeness (QED) is 0.451. The molecule has 0 radical (unpaired) electrons. The number of hydrogen-bond acceptors (Lipinski definition) is 3. The van der Waals surface area contributed by atoms with E-state index in [0.29, 0.717) is 0 Å². The lowest BCUT2D eigenvalue weighted by Gasteiger charge is -2.08. The highest BCUT2D eigenvalue weighted by Gasteiger charge is 2.23. The second-order valence-corrected chi connectivity index (χ2v) is 3.71. The van der Waals surface area contributed by atoms with Crippen LogP contribution in [-0.4, -0.2) is 17.1 Å². The Hall–Kier alpha value is -1.35. The summed E-state index contributed by atoms with van der Waals surface area (Å²) in [6.07, 6.45) is 0.231. The van der Waals surface area contributed by atoms with Gasteiger partial charge < -0.3 is 4.74 Å². The van der Waals surface area contributed by atoms with Gasteiger partial charge in [-0.1, -0.05) is 37.3 Å². The number of carbonyl (C=O) groups excluding carboxylic acids is 2. The summed E-state index contributed by atoms with van der Waals surface area (Å²) >= 11 is 5.62. The number of halogens is 1. The normalized spacial score (nSPS) is 11.9. The van der Waals surface area contributed by atoms with Crippen LogP contribution in [0.1, 0.15) is 18.9 Å². The van der Waals surface area contributed by atoms with Gasteiger partial charge in [0.25, 0.3) is 0 Å². The second kappa shape index (κ2) is 6.28. The Labute approximate surface area is 99.4 Å². The van der Waals surface area contributed by atoms with Crippen molar-refractivity contribution in [3.63, 3.8) is 0 Å². The van der Waals surface area contributed by atoms with Gasteiger partial charge in [0.2, 0.25) is 0 Å². The molecule has 0 N–H and O–H groups in total. The predicted octanol–water partition coefficient (Wildman–Crippen LogP) is 2.32. The van der Waals surface area contributed by atoms with E-state index in [1.54, 1.807) is 6.92 Å². The first-order valence-corrected chi connectivity index (χ1v) is 5.46. The third-order valence-electron chi connectivity index (χ3n) is 2.06. The summed E-state index contributed by atoms with van der Waals surface area (Å²) in [7, 11) is 0. The molecule has 0 spiro atoms. The fourth-order valence-electron chi connectivity index (χ4n) is 1.11. The summed E-state index contributed by atoms with van der Waals surface area (Å²) in [6.45, 7) is 1.79. The van der Waals surface area contributed by atoms with Crippen LogP contribution in [0.5, 0.6) is 0 Å². The molecule has 1 atom stereocenters. The van der Waals surface area contributed by atoms with E-state index >= 15 is 0 Å². The molecular weight excluding hydrogens is 228 g/mol. The lowest BCUT2D eigenvalue weighted by Crippen LogP contribution is -2.26. The zero-order valence-corrected chi connectivity index (χ0v) is 9.74. The molecule has 0 fully saturated rings. The smallest absolute Gasteiger partial charge is 0.332 e. The molecule has 1 aromatic carbocycles. The lowest BCUT2D eigenvalue weighted by atomic mass is 10.2. The van der Waals surface area contributed by atoms with Crippen LogP contribution in [-0.2, 0) is 20.9 Å². The van der Waals surface area contributed by atoms with Crippen molar-refractivity contribution < 1.29 is 14.3 Å². The number of alkyl halides is 1. The summed E-state index contributed by atoms with van der Waals surface area (Å²) in [5.41, 5.74) is 0.865. The molecule has 1 aromatic rings. The van der Waals surface area contributed by atoms with Gasteiger partial charge in [0, 0.05) is 6.42 Å². The van der Waals surface area contributed by atoms with Crippen molar-refractivity contribution >= 4 is 23.4 Å². The molecule has 0 saturated carbocycles. The third kappa shape index (κ3) is 3.66. The molecule has 0 heterocycles. The number of ketones is 1. The number of hydrogen-bond donors (Lipinski definition) is 0. The van der Waals surface area contributed by atoms with E-state index in [1.807, 2.05) is 30.3 Å². The molecule has 0 saturated heterocycles. The average molecular weight is 241 g/mol. The van der Waals surface area contributed by atoms with Crippen LogP contribution in [0.15, 0.2) is 30.3 Å². The lowest BCUT2D eigenvalue weighted by molar-refractivity contribution is -0.146. The SMILES string of the molecule is CCC(=O)C(Cl)C(=O)OCc1ccccc1. The van der Waals surface area contributed by atoms with E-state index < -0.39 is 11.3 Å². The van der Waals surface area contributed by atoms with Gasteiger partial charge in [-0.2, -0.15) is 0 Å². The predicted molar refractivity (Wildman–Crippen MR) is 61.2 cm³/mol. The maximum atomic E-state index is 11.3. The number of Topliss-reactive ketones (excluding diaryl/α,β-unsaturated/α-hetero) is 1. The van der Waals surface area contributed by atoms with E-state index in [4.69, 9.17) is 16.3 Å². The highest BCUT2D eigenvalue weighted by atomic mass is 35.5. The third-order valence-corrected chi connectivity index (χ3v) is 2.48. The monoisotopic (exact) mass is 240 g/mol. The summed E-state index contributed by atoms with van der Waals surface area (Å²) in [5, 5.41) is -1.19. The van der Waals surface area contributed by atoms with Gasteiger partial charge >= 0.3 is 5.97 Å². The van der Waals surface area contributed by atoms with Crippen LogP contribution in [0, 0.1) is 0 Å². The molecule has 0 amide bonds. The molecule has 0 aliphatic rings. The Balaban J connectivity index is 2.44. The van der Waals surface area contributed by atoms with E-state index in [0.717, 1.165) is 5.56 Å². The van der Waals surface area contributed by atoms with Crippen molar-refractivity contribution in [3.05, 3.63) is 35.9 Å². The van der Waals surface area contributed by atoms with Crippen molar-refractivity contribution in [3.8, 4) is 0 Å². The standard InChI is InChI=1S/C12H13ClO3/c1-2-10(14)11(13)12(15)16-8-9-6-4-3-5-7-9/h3-7,11H,2,8H2,1H3. The van der Waals surface area contributed by atoms with Gasteiger partial charge in [0.05, 0.1) is 0 Å². The topological polar surface area (TPSA) is 43.4 Å². The van der Waals surface area contributed by atoms with Gasteiger partial charge in [0.15, 0.2) is 11.2 Å². The Morgan fingerprint density at radius 1 is 1.31 bits per heavy atom. The average Bonchev–Trinajstić information content (AvgIpc) is 2.35. The Kier molecular flexibility index (Phi) is 4.99. The first-order valence-electron chi connectivity index (χ1n) is 5.02. The molecule has 0 aliphatic heterocycles. The van der Waals surface area contributed by atoms with E-state index in [-0.39, 0.29) is 18.8 Å². The fourth-order valence-corrected chi connectivity index (χ4v) is 1.33. The maximum absolute atomic E-state index is 11.3. The molecule has 1 rings (SSSR count). The van der Waals surface area contributed by atoms with Crippen molar-refractivity contribution in [1.82, 2.24) is 0 Å². The summed E-state index contributed by atoms with van der Waals surface area (Å²) < 4.78 is 4.92. The Morgan fingerprint density at radius 3 is 2.50 bits per heavy atom. The first kappa shape index (κ1) is 12.7. The van der Waals surface area contributed by atoms with Crippen LogP contribution >= 0.6 is 11.6 Å². The first-order chi connectivity index (χ1) is 7.65. The molecule has 4 heteroatoms. The zero-order chi connectivity index (χ0) is 12.0. The van der Waals surface area contributed by atoms with Gasteiger partial charge in [0.1, 0.15) is 6.61 Å². The molecular formula is C12H13ClO3. The summed E-state index contributed by atoms with van der Waals surface area (Å²) in [4.78, 5) is 22.5. The maximum Gasteiger partial charge on any atom is 0.332 e. The Morgan fingerprint density at radius 2 is 1.94 bits per heavy atom. The van der Waals surface area contributed by atoms with Gasteiger partial charge in [-0.3, -0.25) is 4.79 Å². The van der Waals surface area contributed by atoms with Crippen LogP contribution in [0.25, 0.3) is 0 Å². The number of esters is 1. The van der Waals surface area contributed by atoms with E-state index in [2.05, 4.69) is 0 Å². The molecule has 1 unspecified atom stereocenters. The molecule has 0 bridgehead atoms. The zero-order valence-electron chi connectivity index (χ0n) is 8.98. The molecule has 16 heavy (non-hydrogen) atoms. The molecule has 0 aliphatic carbocycles. The van der Waals surface area contributed by atoms with Gasteiger partial charge in [-0.15, -0.1) is 11.6 Å². The highest BCUT2D eigenvalue weighted by molar-refractivity contribution is 6.41. The number of rotatable bonds is 5. The fraction of sp³-hybridized carbons (Fsp3) is 0.333. The van der Waals surface area contributed by atoms with Crippen molar-refractivity contribution in [2.75, 3.05) is 0 Å². The number of ether oxygens (including phenoxy) is 1. The number of carbonyl (C=O) groups is 2. The minimum atomic E-state index is -1.19. The van der Waals surface area contributed by atoms with Crippen LogP contribution in [0.4, 0.5) is 0 Å². The second-order valence-electron chi connectivity index (χ2n) is 3.28. The molecule has 3 nitrogen and oxygen atoms in total. The Bertz CT molecular complexity index is 362. The minimum absolute atomic E-state index is 0.139. The van der Waals surface area contributed by atoms with Crippen LogP contribution in [0.3, 0.4) is 0 Å². The molecule has 0 aromatic heterocycles. The summed E-state index contributed by atoms with van der Waals surface area (Å²) in [6, 6.07) is 9.23. The van der Waals surface area contributed by atoms with Crippen LogP contribution < -0.4 is 0 Å². The highest BCUT2D eigenvalue weighted by Crippen LogP contribution is 2.07. The van der Waals surface area contributed by atoms with Crippen molar-refractivity contribution in [2.24, 2.45) is 0 Å². The molecule has 86 valence electrons.